The Morgan fingerprint density at radius 3 is 2.65 bits per heavy atom. The standard InChI is InChI=1S/C15H25NS/c1-2-10-16-15(14-9-11-17-12-14)13-7-5-3-4-6-8-13/h9,11-13,15-16H,2-8,10H2,1H3. The summed E-state index contributed by atoms with van der Waals surface area (Å²) in [6, 6.07) is 2.92. The Labute approximate surface area is 110 Å². The van der Waals surface area contributed by atoms with Gasteiger partial charge in [-0.05, 0) is 54.1 Å². The molecule has 1 unspecified atom stereocenters. The van der Waals surface area contributed by atoms with Crippen LogP contribution in [-0.4, -0.2) is 6.54 Å². The fourth-order valence-electron chi connectivity index (χ4n) is 2.95. The van der Waals surface area contributed by atoms with Crippen molar-refractivity contribution in [2.24, 2.45) is 5.92 Å². The SMILES string of the molecule is CCCNC(c1ccsc1)C1CCCCCC1. The zero-order valence-electron chi connectivity index (χ0n) is 11.0. The molecule has 0 spiro atoms. The molecule has 17 heavy (non-hydrogen) atoms. The van der Waals surface area contributed by atoms with E-state index in [0.29, 0.717) is 6.04 Å². The van der Waals surface area contributed by atoms with E-state index in [1.165, 1.54) is 50.5 Å². The molecule has 0 radical (unpaired) electrons. The first-order valence-electron chi connectivity index (χ1n) is 7.17. The van der Waals surface area contributed by atoms with E-state index in [1.807, 2.05) is 11.3 Å². The van der Waals surface area contributed by atoms with Crippen LogP contribution in [0.1, 0.15) is 63.5 Å². The van der Waals surface area contributed by atoms with Gasteiger partial charge in [0.05, 0.1) is 0 Å². The maximum Gasteiger partial charge on any atom is 0.0356 e. The molecule has 0 bridgehead atoms. The van der Waals surface area contributed by atoms with Crippen molar-refractivity contribution in [3.05, 3.63) is 22.4 Å². The highest BCUT2D eigenvalue weighted by Crippen LogP contribution is 2.34. The predicted molar refractivity (Wildman–Crippen MR) is 76.5 cm³/mol. The molecule has 2 rings (SSSR count). The van der Waals surface area contributed by atoms with Gasteiger partial charge in [0.25, 0.3) is 0 Å². The van der Waals surface area contributed by atoms with E-state index in [9.17, 15) is 0 Å². The van der Waals surface area contributed by atoms with Crippen molar-refractivity contribution in [2.75, 3.05) is 6.54 Å². The van der Waals surface area contributed by atoms with Crippen molar-refractivity contribution in [3.63, 3.8) is 0 Å². The van der Waals surface area contributed by atoms with Gasteiger partial charge in [-0.25, -0.2) is 0 Å². The Morgan fingerprint density at radius 1 is 1.29 bits per heavy atom. The number of hydrogen-bond donors (Lipinski definition) is 1. The summed E-state index contributed by atoms with van der Waals surface area (Å²) in [4.78, 5) is 0. The van der Waals surface area contributed by atoms with Gasteiger partial charge in [0.15, 0.2) is 0 Å². The zero-order valence-corrected chi connectivity index (χ0v) is 11.8. The van der Waals surface area contributed by atoms with Gasteiger partial charge in [-0.1, -0.05) is 32.6 Å². The van der Waals surface area contributed by atoms with Crippen molar-refractivity contribution in [3.8, 4) is 0 Å². The van der Waals surface area contributed by atoms with Crippen LogP contribution in [0, 0.1) is 5.92 Å². The molecular weight excluding hydrogens is 226 g/mol. The van der Waals surface area contributed by atoms with E-state index in [0.717, 1.165) is 12.5 Å². The van der Waals surface area contributed by atoms with Crippen LogP contribution in [0.15, 0.2) is 16.8 Å². The summed E-state index contributed by atoms with van der Waals surface area (Å²) in [6.45, 7) is 3.40. The molecule has 0 aromatic carbocycles. The summed E-state index contributed by atoms with van der Waals surface area (Å²) >= 11 is 1.83. The van der Waals surface area contributed by atoms with Crippen LogP contribution in [0.3, 0.4) is 0 Å². The lowest BCUT2D eigenvalue weighted by Crippen LogP contribution is -2.28. The molecule has 0 aliphatic heterocycles. The molecule has 1 heterocycles. The highest BCUT2D eigenvalue weighted by atomic mass is 32.1. The Bertz CT molecular complexity index is 286. The van der Waals surface area contributed by atoms with Crippen LogP contribution in [-0.2, 0) is 0 Å². The summed E-state index contributed by atoms with van der Waals surface area (Å²) < 4.78 is 0. The number of nitrogens with one attached hydrogen (secondary N) is 1. The van der Waals surface area contributed by atoms with Gasteiger partial charge in [-0.3, -0.25) is 0 Å². The fourth-order valence-corrected chi connectivity index (χ4v) is 3.65. The zero-order chi connectivity index (χ0) is 11.9. The first kappa shape index (κ1) is 13.1. The van der Waals surface area contributed by atoms with Crippen molar-refractivity contribution in [2.45, 2.75) is 57.9 Å². The van der Waals surface area contributed by atoms with Crippen molar-refractivity contribution in [1.29, 1.82) is 0 Å². The number of hydrogen-bond acceptors (Lipinski definition) is 2. The quantitative estimate of drug-likeness (QED) is 0.744. The Morgan fingerprint density at radius 2 is 2.06 bits per heavy atom. The minimum absolute atomic E-state index is 0.610. The van der Waals surface area contributed by atoms with E-state index in [1.54, 1.807) is 0 Å². The van der Waals surface area contributed by atoms with Crippen molar-refractivity contribution in [1.82, 2.24) is 5.32 Å². The Hall–Kier alpha value is -0.340. The molecule has 0 saturated heterocycles. The van der Waals surface area contributed by atoms with E-state index >= 15 is 0 Å². The van der Waals surface area contributed by atoms with E-state index < -0.39 is 0 Å². The molecule has 1 atom stereocenters. The second-order valence-corrected chi connectivity index (χ2v) is 6.02. The average Bonchev–Trinajstić information content (AvgIpc) is 2.73. The Kier molecular flexibility index (Phi) is 5.53. The molecule has 2 heteroatoms. The lowest BCUT2D eigenvalue weighted by molar-refractivity contribution is 0.326. The van der Waals surface area contributed by atoms with Crippen LogP contribution in [0.5, 0.6) is 0 Å². The monoisotopic (exact) mass is 251 g/mol. The third kappa shape index (κ3) is 3.82. The lowest BCUT2D eigenvalue weighted by atomic mass is 9.88. The van der Waals surface area contributed by atoms with Crippen LogP contribution in [0.25, 0.3) is 0 Å². The maximum atomic E-state index is 3.78. The van der Waals surface area contributed by atoms with Gasteiger partial charge in [-0.15, -0.1) is 0 Å². The number of thiophene rings is 1. The largest absolute Gasteiger partial charge is 0.310 e. The molecule has 1 nitrogen and oxygen atoms in total. The third-order valence-corrected chi connectivity index (χ3v) is 4.59. The molecular formula is C15H25NS. The van der Waals surface area contributed by atoms with E-state index in [-0.39, 0.29) is 0 Å². The predicted octanol–water partition coefficient (Wildman–Crippen LogP) is 4.76. The minimum atomic E-state index is 0.610. The topological polar surface area (TPSA) is 12.0 Å². The first-order chi connectivity index (χ1) is 8.42. The molecule has 1 saturated carbocycles. The molecule has 1 aromatic rings. The van der Waals surface area contributed by atoms with Gasteiger partial charge in [0, 0.05) is 6.04 Å². The van der Waals surface area contributed by atoms with Gasteiger partial charge in [-0.2, -0.15) is 11.3 Å². The van der Waals surface area contributed by atoms with E-state index in [4.69, 9.17) is 0 Å². The average molecular weight is 251 g/mol. The smallest absolute Gasteiger partial charge is 0.0356 e. The summed E-state index contributed by atoms with van der Waals surface area (Å²) in [6.07, 6.45) is 9.81. The van der Waals surface area contributed by atoms with Crippen molar-refractivity contribution < 1.29 is 0 Å². The molecule has 1 aliphatic carbocycles. The molecule has 1 aromatic heterocycles. The minimum Gasteiger partial charge on any atom is -0.310 e. The first-order valence-corrected chi connectivity index (χ1v) is 8.11. The molecule has 1 N–H and O–H groups in total. The normalized spacial score (nSPS) is 20.1. The molecule has 0 amide bonds. The summed E-state index contributed by atoms with van der Waals surface area (Å²) in [5.74, 6) is 0.860. The van der Waals surface area contributed by atoms with Gasteiger partial charge >= 0.3 is 0 Å². The summed E-state index contributed by atoms with van der Waals surface area (Å²) in [7, 11) is 0. The second-order valence-electron chi connectivity index (χ2n) is 5.24. The van der Waals surface area contributed by atoms with Gasteiger partial charge < -0.3 is 5.32 Å². The van der Waals surface area contributed by atoms with Gasteiger partial charge in [0.2, 0.25) is 0 Å². The fraction of sp³-hybridized carbons (Fsp3) is 0.733. The summed E-state index contributed by atoms with van der Waals surface area (Å²) in [5, 5.41) is 8.32. The lowest BCUT2D eigenvalue weighted by Gasteiger charge is -2.27. The highest BCUT2D eigenvalue weighted by Gasteiger charge is 2.23. The van der Waals surface area contributed by atoms with Crippen LogP contribution in [0.4, 0.5) is 0 Å². The molecule has 1 fully saturated rings. The van der Waals surface area contributed by atoms with Crippen molar-refractivity contribution >= 4 is 11.3 Å². The Balaban J connectivity index is 2.02. The highest BCUT2D eigenvalue weighted by molar-refractivity contribution is 7.07. The van der Waals surface area contributed by atoms with Crippen LogP contribution >= 0.6 is 11.3 Å². The molecule has 96 valence electrons. The maximum absolute atomic E-state index is 3.78. The molecule has 1 aliphatic rings. The van der Waals surface area contributed by atoms with E-state index in [2.05, 4.69) is 29.1 Å². The van der Waals surface area contributed by atoms with Crippen LogP contribution in [0.2, 0.25) is 0 Å². The summed E-state index contributed by atoms with van der Waals surface area (Å²) in [5.41, 5.74) is 1.52. The third-order valence-electron chi connectivity index (χ3n) is 3.89. The number of rotatable bonds is 5. The van der Waals surface area contributed by atoms with Crippen LogP contribution < -0.4 is 5.32 Å². The van der Waals surface area contributed by atoms with Gasteiger partial charge in [0.1, 0.15) is 0 Å². The second kappa shape index (κ2) is 7.17.